The summed E-state index contributed by atoms with van der Waals surface area (Å²) in [6.07, 6.45) is 0.908. The number of benzene rings is 1. The first-order chi connectivity index (χ1) is 11.5. The molecule has 1 aromatic carbocycles. The predicted octanol–water partition coefficient (Wildman–Crippen LogP) is 0.658. The van der Waals surface area contributed by atoms with Crippen LogP contribution in [0.1, 0.15) is 13.3 Å². The maximum Gasteiger partial charge on any atom is 0.318 e. The average Bonchev–Trinajstić information content (AvgIpc) is 2.83. The molecule has 0 saturated carbocycles. The molecule has 128 valence electrons. The highest BCUT2D eigenvalue weighted by Crippen LogP contribution is 2.19. The van der Waals surface area contributed by atoms with Crippen molar-refractivity contribution in [3.05, 3.63) is 24.3 Å². The number of imide groups is 1. The van der Waals surface area contributed by atoms with Gasteiger partial charge < -0.3 is 15.6 Å². The van der Waals surface area contributed by atoms with Gasteiger partial charge in [0.25, 0.3) is 0 Å². The van der Waals surface area contributed by atoms with Crippen LogP contribution in [-0.2, 0) is 4.79 Å². The molecule has 1 saturated heterocycles. The van der Waals surface area contributed by atoms with Gasteiger partial charge >= 0.3 is 6.03 Å². The number of imidazole rings is 1. The van der Waals surface area contributed by atoms with E-state index < -0.39 is 12.1 Å². The number of hydrogen-bond acceptors (Lipinski definition) is 5. The first kappa shape index (κ1) is 16.3. The number of aromatic amines is 1. The number of nitrogens with two attached hydrogens (primary N) is 1. The van der Waals surface area contributed by atoms with Crippen molar-refractivity contribution >= 4 is 28.9 Å². The van der Waals surface area contributed by atoms with Crippen molar-refractivity contribution in [2.75, 3.05) is 31.1 Å². The molecule has 0 aliphatic carbocycles. The van der Waals surface area contributed by atoms with Crippen molar-refractivity contribution in [3.8, 4) is 0 Å². The van der Waals surface area contributed by atoms with Crippen molar-refractivity contribution in [2.45, 2.75) is 19.4 Å². The lowest BCUT2D eigenvalue weighted by atomic mass is 10.2. The minimum Gasteiger partial charge on any atom is -0.351 e. The Morgan fingerprint density at radius 1 is 1.25 bits per heavy atom. The largest absolute Gasteiger partial charge is 0.351 e. The van der Waals surface area contributed by atoms with Crippen molar-refractivity contribution in [2.24, 2.45) is 5.73 Å². The number of para-hydroxylation sites is 2. The highest BCUT2D eigenvalue weighted by molar-refractivity contribution is 5.96. The minimum absolute atomic E-state index is 0.361. The van der Waals surface area contributed by atoms with Gasteiger partial charge in [0.2, 0.25) is 11.9 Å². The fourth-order valence-electron chi connectivity index (χ4n) is 3.02. The number of aromatic nitrogens is 2. The summed E-state index contributed by atoms with van der Waals surface area (Å²) in [6, 6.07) is 6.73. The summed E-state index contributed by atoms with van der Waals surface area (Å²) in [6.45, 7) is 4.90. The third kappa shape index (κ3) is 3.48. The molecule has 1 atom stereocenters. The summed E-state index contributed by atoms with van der Waals surface area (Å²) in [5.74, 6) is 0.493. The lowest BCUT2D eigenvalue weighted by Crippen LogP contribution is -2.49. The van der Waals surface area contributed by atoms with Crippen LogP contribution in [0.2, 0.25) is 0 Å². The van der Waals surface area contributed by atoms with E-state index in [1.165, 1.54) is 0 Å². The monoisotopic (exact) mass is 330 g/mol. The molecule has 1 aliphatic rings. The highest BCUT2D eigenvalue weighted by atomic mass is 16.2. The van der Waals surface area contributed by atoms with E-state index in [1.54, 1.807) is 6.92 Å². The Labute approximate surface area is 140 Å². The van der Waals surface area contributed by atoms with E-state index >= 15 is 0 Å². The molecule has 1 unspecified atom stereocenters. The number of carbonyl (C=O) groups excluding carboxylic acids is 2. The molecule has 0 spiro atoms. The Kier molecular flexibility index (Phi) is 4.66. The zero-order valence-electron chi connectivity index (χ0n) is 13.7. The van der Waals surface area contributed by atoms with Crippen LogP contribution in [0.25, 0.3) is 11.0 Å². The maximum absolute atomic E-state index is 11.9. The number of nitrogens with zero attached hydrogens (tertiary/aromatic N) is 3. The van der Waals surface area contributed by atoms with Gasteiger partial charge in [-0.25, -0.2) is 9.78 Å². The van der Waals surface area contributed by atoms with Gasteiger partial charge in [-0.3, -0.25) is 15.0 Å². The Morgan fingerprint density at radius 3 is 2.79 bits per heavy atom. The minimum atomic E-state index is -0.814. The van der Waals surface area contributed by atoms with Crippen LogP contribution >= 0.6 is 0 Å². The molecule has 1 aliphatic heterocycles. The highest BCUT2D eigenvalue weighted by Gasteiger charge is 2.25. The van der Waals surface area contributed by atoms with Crippen LogP contribution in [0.3, 0.4) is 0 Å². The smallest absolute Gasteiger partial charge is 0.318 e. The number of fused-ring (bicyclic) bond motifs is 1. The Hall–Kier alpha value is -2.61. The molecular weight excluding hydrogens is 308 g/mol. The zero-order valence-corrected chi connectivity index (χ0v) is 13.7. The molecule has 0 bridgehead atoms. The summed E-state index contributed by atoms with van der Waals surface area (Å²) in [4.78, 5) is 35.0. The van der Waals surface area contributed by atoms with E-state index in [2.05, 4.69) is 25.1 Å². The Bertz CT molecular complexity index is 710. The summed E-state index contributed by atoms with van der Waals surface area (Å²) in [7, 11) is 0. The third-order valence-electron chi connectivity index (χ3n) is 4.38. The van der Waals surface area contributed by atoms with E-state index in [9.17, 15) is 9.59 Å². The fraction of sp³-hybridized carbons (Fsp3) is 0.438. The Morgan fingerprint density at radius 2 is 2.04 bits per heavy atom. The van der Waals surface area contributed by atoms with Gasteiger partial charge in [-0.15, -0.1) is 0 Å². The number of rotatable bonds is 3. The van der Waals surface area contributed by atoms with Crippen molar-refractivity contribution in [1.82, 2.24) is 20.2 Å². The fourth-order valence-corrected chi connectivity index (χ4v) is 3.02. The second kappa shape index (κ2) is 6.88. The lowest BCUT2D eigenvalue weighted by molar-refractivity contribution is -0.124. The van der Waals surface area contributed by atoms with Crippen LogP contribution in [-0.4, -0.2) is 59.0 Å². The zero-order chi connectivity index (χ0) is 17.1. The van der Waals surface area contributed by atoms with E-state index in [-0.39, 0.29) is 5.91 Å². The van der Waals surface area contributed by atoms with E-state index in [0.29, 0.717) is 6.54 Å². The number of urea groups is 1. The summed E-state index contributed by atoms with van der Waals surface area (Å²) >= 11 is 0. The maximum atomic E-state index is 11.9. The SMILES string of the molecule is CC(C(=O)NC(N)=O)N1CCCN(c2nc3ccccc3[nH]2)CC1. The number of hydrogen-bond donors (Lipinski definition) is 3. The number of primary amides is 1. The van der Waals surface area contributed by atoms with Crippen molar-refractivity contribution in [3.63, 3.8) is 0 Å². The number of carbonyl (C=O) groups is 2. The molecule has 1 fully saturated rings. The second-order valence-electron chi connectivity index (χ2n) is 5.98. The second-order valence-corrected chi connectivity index (χ2v) is 5.98. The van der Waals surface area contributed by atoms with Crippen LogP contribution in [0, 0.1) is 0 Å². The van der Waals surface area contributed by atoms with Crippen LogP contribution < -0.4 is 16.0 Å². The molecule has 0 radical (unpaired) electrons. The molecular formula is C16H22N6O2. The molecule has 24 heavy (non-hydrogen) atoms. The number of H-pyrrole nitrogens is 1. The van der Waals surface area contributed by atoms with Crippen LogP contribution in [0.5, 0.6) is 0 Å². The Balaban J connectivity index is 1.66. The van der Waals surface area contributed by atoms with Crippen molar-refractivity contribution in [1.29, 1.82) is 0 Å². The van der Waals surface area contributed by atoms with Crippen molar-refractivity contribution < 1.29 is 9.59 Å². The molecule has 1 aromatic heterocycles. The van der Waals surface area contributed by atoms with E-state index in [1.807, 2.05) is 24.3 Å². The molecule has 8 heteroatoms. The van der Waals surface area contributed by atoms with Gasteiger partial charge in [-0.2, -0.15) is 0 Å². The summed E-state index contributed by atoms with van der Waals surface area (Å²) < 4.78 is 0. The van der Waals surface area contributed by atoms with Gasteiger partial charge in [-0.1, -0.05) is 12.1 Å². The van der Waals surface area contributed by atoms with Gasteiger partial charge in [0.1, 0.15) is 0 Å². The summed E-state index contributed by atoms with van der Waals surface area (Å²) in [5, 5.41) is 2.15. The van der Waals surface area contributed by atoms with E-state index in [4.69, 9.17) is 5.73 Å². The van der Waals surface area contributed by atoms with Gasteiger partial charge in [-0.05, 0) is 25.5 Å². The topological polar surface area (TPSA) is 107 Å². The van der Waals surface area contributed by atoms with E-state index in [0.717, 1.165) is 43.0 Å². The molecule has 4 N–H and O–H groups in total. The van der Waals surface area contributed by atoms with Gasteiger partial charge in [0.05, 0.1) is 17.1 Å². The molecule has 3 rings (SSSR count). The predicted molar refractivity (Wildman–Crippen MR) is 91.7 cm³/mol. The average molecular weight is 330 g/mol. The molecule has 8 nitrogen and oxygen atoms in total. The first-order valence-electron chi connectivity index (χ1n) is 8.08. The first-order valence-corrected chi connectivity index (χ1v) is 8.08. The quantitative estimate of drug-likeness (QED) is 0.766. The lowest BCUT2D eigenvalue weighted by Gasteiger charge is -2.26. The van der Waals surface area contributed by atoms with Crippen LogP contribution in [0.15, 0.2) is 24.3 Å². The number of anilines is 1. The number of nitrogens with one attached hydrogen (secondary N) is 2. The molecule has 2 aromatic rings. The standard InChI is InChI=1S/C16H22N6O2/c1-11(14(23)20-15(17)24)21-7-4-8-22(10-9-21)16-18-12-5-2-3-6-13(12)19-16/h2-3,5-6,11H,4,7-10H2,1H3,(H,18,19)(H3,17,20,23,24). The normalized spacial score (nSPS) is 17.5. The van der Waals surface area contributed by atoms with Gasteiger partial charge in [0.15, 0.2) is 0 Å². The third-order valence-corrected chi connectivity index (χ3v) is 4.38. The molecule has 3 amide bonds. The summed E-state index contributed by atoms with van der Waals surface area (Å²) in [5.41, 5.74) is 6.98. The van der Waals surface area contributed by atoms with Crippen LogP contribution in [0.4, 0.5) is 10.7 Å². The van der Waals surface area contributed by atoms with Gasteiger partial charge in [0, 0.05) is 26.2 Å². The number of amides is 3. The molecule has 2 heterocycles.